The maximum Gasteiger partial charge on any atom is 0.0711 e. The van der Waals surface area contributed by atoms with Gasteiger partial charge in [-0.1, -0.05) is 30.3 Å². The fraction of sp³-hybridized carbons (Fsp3) is 0.0625. The zero-order valence-electron chi connectivity index (χ0n) is 10.2. The van der Waals surface area contributed by atoms with Crippen LogP contribution in [0.5, 0.6) is 0 Å². The van der Waals surface area contributed by atoms with Gasteiger partial charge in [-0.15, -0.1) is 0 Å². The number of fused-ring (bicyclic) bond motifs is 1. The standard InChI is InChI=1S/C16H14N2/c1-11-5-6-12-7-8-14(10-16(12)18-11)13-3-2-4-15(17)9-13/h2-10H,17H2,1H3. The summed E-state index contributed by atoms with van der Waals surface area (Å²) in [6.07, 6.45) is 0. The van der Waals surface area contributed by atoms with E-state index in [1.807, 2.05) is 31.2 Å². The van der Waals surface area contributed by atoms with E-state index in [0.29, 0.717) is 0 Å². The number of hydrogen-bond donors (Lipinski definition) is 1. The maximum absolute atomic E-state index is 5.82. The Morgan fingerprint density at radius 1 is 0.889 bits per heavy atom. The van der Waals surface area contributed by atoms with Crippen LogP contribution in [0, 0.1) is 6.92 Å². The largest absolute Gasteiger partial charge is 0.399 e. The van der Waals surface area contributed by atoms with Gasteiger partial charge in [0.05, 0.1) is 5.52 Å². The zero-order chi connectivity index (χ0) is 12.5. The molecule has 0 amide bonds. The number of pyridine rings is 1. The van der Waals surface area contributed by atoms with E-state index in [4.69, 9.17) is 5.73 Å². The third-order valence-electron chi connectivity index (χ3n) is 3.05. The highest BCUT2D eigenvalue weighted by Crippen LogP contribution is 2.25. The van der Waals surface area contributed by atoms with Crippen molar-refractivity contribution in [3.05, 3.63) is 60.3 Å². The van der Waals surface area contributed by atoms with Crippen molar-refractivity contribution in [2.75, 3.05) is 5.73 Å². The molecule has 18 heavy (non-hydrogen) atoms. The van der Waals surface area contributed by atoms with Crippen molar-refractivity contribution < 1.29 is 0 Å². The van der Waals surface area contributed by atoms with E-state index >= 15 is 0 Å². The Hall–Kier alpha value is -2.35. The molecule has 0 saturated heterocycles. The Morgan fingerprint density at radius 2 is 1.67 bits per heavy atom. The molecule has 0 saturated carbocycles. The van der Waals surface area contributed by atoms with E-state index in [-0.39, 0.29) is 0 Å². The van der Waals surface area contributed by atoms with E-state index in [2.05, 4.69) is 35.3 Å². The lowest BCUT2D eigenvalue weighted by Crippen LogP contribution is -1.87. The average Bonchev–Trinajstić information content (AvgIpc) is 2.38. The second-order valence-electron chi connectivity index (χ2n) is 4.49. The van der Waals surface area contributed by atoms with Gasteiger partial charge in [0.1, 0.15) is 0 Å². The Kier molecular flexibility index (Phi) is 2.49. The molecule has 0 fully saturated rings. The van der Waals surface area contributed by atoms with Crippen molar-refractivity contribution >= 4 is 16.6 Å². The van der Waals surface area contributed by atoms with Crippen molar-refractivity contribution in [1.82, 2.24) is 4.98 Å². The van der Waals surface area contributed by atoms with E-state index in [0.717, 1.165) is 33.4 Å². The molecule has 0 atom stereocenters. The number of benzene rings is 2. The molecule has 0 aliphatic carbocycles. The summed E-state index contributed by atoms with van der Waals surface area (Å²) in [6.45, 7) is 2.01. The van der Waals surface area contributed by atoms with Crippen LogP contribution in [0.4, 0.5) is 5.69 Å². The Morgan fingerprint density at radius 3 is 2.50 bits per heavy atom. The van der Waals surface area contributed by atoms with Crippen LogP contribution < -0.4 is 5.73 Å². The summed E-state index contributed by atoms with van der Waals surface area (Å²) < 4.78 is 0. The first kappa shape index (κ1) is 10.8. The molecule has 3 aromatic rings. The highest BCUT2D eigenvalue weighted by molar-refractivity contribution is 5.84. The Labute approximate surface area is 106 Å². The Balaban J connectivity index is 2.18. The number of nitrogens with zero attached hydrogens (tertiary/aromatic N) is 1. The molecule has 0 aliphatic rings. The number of aromatic nitrogens is 1. The van der Waals surface area contributed by atoms with Crippen LogP contribution in [0.2, 0.25) is 0 Å². The van der Waals surface area contributed by atoms with E-state index < -0.39 is 0 Å². The minimum atomic E-state index is 0.782. The third-order valence-corrected chi connectivity index (χ3v) is 3.05. The molecule has 2 nitrogen and oxygen atoms in total. The van der Waals surface area contributed by atoms with Gasteiger partial charge in [-0.3, -0.25) is 4.98 Å². The molecule has 1 aromatic heterocycles. The van der Waals surface area contributed by atoms with Crippen molar-refractivity contribution in [3.63, 3.8) is 0 Å². The fourth-order valence-corrected chi connectivity index (χ4v) is 2.12. The van der Waals surface area contributed by atoms with Crippen LogP contribution in [-0.4, -0.2) is 4.98 Å². The summed E-state index contributed by atoms with van der Waals surface area (Å²) in [6, 6.07) is 18.4. The van der Waals surface area contributed by atoms with Crippen molar-refractivity contribution in [3.8, 4) is 11.1 Å². The average molecular weight is 234 g/mol. The molecule has 2 N–H and O–H groups in total. The summed E-state index contributed by atoms with van der Waals surface area (Å²) >= 11 is 0. The van der Waals surface area contributed by atoms with Gasteiger partial charge in [0.2, 0.25) is 0 Å². The number of hydrogen-bond acceptors (Lipinski definition) is 2. The maximum atomic E-state index is 5.82. The summed E-state index contributed by atoms with van der Waals surface area (Å²) in [5.74, 6) is 0. The van der Waals surface area contributed by atoms with Crippen LogP contribution in [0.15, 0.2) is 54.6 Å². The van der Waals surface area contributed by atoms with Gasteiger partial charge in [-0.05, 0) is 42.3 Å². The van der Waals surface area contributed by atoms with Gasteiger partial charge in [0.15, 0.2) is 0 Å². The molecule has 0 bridgehead atoms. The first-order valence-corrected chi connectivity index (χ1v) is 5.96. The van der Waals surface area contributed by atoms with Gasteiger partial charge in [-0.2, -0.15) is 0 Å². The van der Waals surface area contributed by atoms with Crippen LogP contribution in [0.3, 0.4) is 0 Å². The SMILES string of the molecule is Cc1ccc2ccc(-c3cccc(N)c3)cc2n1. The first-order valence-electron chi connectivity index (χ1n) is 5.96. The first-order chi connectivity index (χ1) is 8.72. The Bertz CT molecular complexity index is 717. The lowest BCUT2D eigenvalue weighted by Gasteiger charge is -2.05. The number of anilines is 1. The van der Waals surface area contributed by atoms with Crippen molar-refractivity contribution in [2.45, 2.75) is 6.92 Å². The van der Waals surface area contributed by atoms with Crippen LogP contribution >= 0.6 is 0 Å². The zero-order valence-corrected chi connectivity index (χ0v) is 10.2. The van der Waals surface area contributed by atoms with Gasteiger partial charge < -0.3 is 5.73 Å². The minimum absolute atomic E-state index is 0.782. The van der Waals surface area contributed by atoms with Crippen LogP contribution in [-0.2, 0) is 0 Å². The summed E-state index contributed by atoms with van der Waals surface area (Å²) in [5, 5.41) is 1.16. The monoisotopic (exact) mass is 234 g/mol. The van der Waals surface area contributed by atoms with Crippen molar-refractivity contribution in [1.29, 1.82) is 0 Å². The molecule has 1 heterocycles. The van der Waals surface area contributed by atoms with Gasteiger partial charge >= 0.3 is 0 Å². The normalized spacial score (nSPS) is 10.7. The summed E-state index contributed by atoms with van der Waals surface area (Å²) in [7, 11) is 0. The number of nitrogen functional groups attached to an aromatic ring is 1. The molecular weight excluding hydrogens is 220 g/mol. The smallest absolute Gasteiger partial charge is 0.0711 e. The predicted octanol–water partition coefficient (Wildman–Crippen LogP) is 3.79. The highest BCUT2D eigenvalue weighted by atomic mass is 14.7. The molecule has 0 aliphatic heterocycles. The molecular formula is C16H14N2. The number of rotatable bonds is 1. The topological polar surface area (TPSA) is 38.9 Å². The lowest BCUT2D eigenvalue weighted by molar-refractivity contribution is 1.26. The number of aryl methyl sites for hydroxylation is 1. The van der Waals surface area contributed by atoms with E-state index in [1.54, 1.807) is 0 Å². The quantitative estimate of drug-likeness (QED) is 0.650. The molecule has 0 unspecified atom stereocenters. The second kappa shape index (κ2) is 4.15. The third kappa shape index (κ3) is 1.93. The fourth-order valence-electron chi connectivity index (χ4n) is 2.12. The molecule has 0 radical (unpaired) electrons. The van der Waals surface area contributed by atoms with Gasteiger partial charge in [-0.25, -0.2) is 0 Å². The van der Waals surface area contributed by atoms with Crippen LogP contribution in [0.1, 0.15) is 5.69 Å². The lowest BCUT2D eigenvalue weighted by atomic mass is 10.0. The minimum Gasteiger partial charge on any atom is -0.399 e. The summed E-state index contributed by atoms with van der Waals surface area (Å²) in [4.78, 5) is 4.55. The van der Waals surface area contributed by atoms with E-state index in [1.165, 1.54) is 0 Å². The van der Waals surface area contributed by atoms with Crippen LogP contribution in [0.25, 0.3) is 22.0 Å². The highest BCUT2D eigenvalue weighted by Gasteiger charge is 2.01. The summed E-state index contributed by atoms with van der Waals surface area (Å²) in [5.41, 5.74) is 10.9. The second-order valence-corrected chi connectivity index (χ2v) is 4.49. The molecule has 3 rings (SSSR count). The molecule has 0 spiro atoms. The molecule has 2 aromatic carbocycles. The molecule has 2 heteroatoms. The van der Waals surface area contributed by atoms with Gasteiger partial charge in [0, 0.05) is 16.8 Å². The number of nitrogens with two attached hydrogens (primary N) is 1. The van der Waals surface area contributed by atoms with Gasteiger partial charge in [0.25, 0.3) is 0 Å². The molecule has 88 valence electrons. The van der Waals surface area contributed by atoms with E-state index in [9.17, 15) is 0 Å². The van der Waals surface area contributed by atoms with Crippen molar-refractivity contribution in [2.24, 2.45) is 0 Å². The predicted molar refractivity (Wildman–Crippen MR) is 76.3 cm³/mol.